The number of esters is 2. The summed E-state index contributed by atoms with van der Waals surface area (Å²) in [5, 5.41) is 34.4. The number of benzene rings is 1. The molecule has 9 unspecified atom stereocenters. The molecule has 0 aromatic heterocycles. The summed E-state index contributed by atoms with van der Waals surface area (Å²) < 4.78 is 11.5. The van der Waals surface area contributed by atoms with Crippen molar-refractivity contribution in [2.24, 2.45) is 34.5 Å². The molecule has 0 amide bonds. The van der Waals surface area contributed by atoms with Crippen molar-refractivity contribution in [1.29, 1.82) is 0 Å². The van der Waals surface area contributed by atoms with Gasteiger partial charge in [-0.25, -0.2) is 9.59 Å². The van der Waals surface area contributed by atoms with Crippen molar-refractivity contribution in [3.63, 3.8) is 0 Å². The first-order valence-electron chi connectivity index (χ1n) is 13.9. The van der Waals surface area contributed by atoms with Crippen molar-refractivity contribution in [3.05, 3.63) is 70.8 Å². The molecule has 4 aliphatic rings. The standard InChI is InChI=1S/C32H38O8/c1-6-17(2)28(36)40-27-18(3)14-31-19(4)12-23-24(22(26(31)35)13-21(15-33)25(34)32(27,31)38)30(23,5)16-39-29(37)20-10-8-7-9-11-20/h6-11,13-14,19,22-25,27,33-34,38H,12,15-16H2,1-5H3. The molecule has 2 bridgehead atoms. The Kier molecular flexibility index (Phi) is 6.96. The molecule has 0 heterocycles. The molecule has 40 heavy (non-hydrogen) atoms. The molecule has 1 aromatic rings. The second-order valence-corrected chi connectivity index (χ2v) is 12.2. The number of fused-ring (bicyclic) bond motifs is 3. The summed E-state index contributed by atoms with van der Waals surface area (Å²) in [5.41, 5.74) is -2.88. The van der Waals surface area contributed by atoms with Gasteiger partial charge in [0, 0.05) is 16.9 Å². The van der Waals surface area contributed by atoms with Crippen LogP contribution in [0.3, 0.4) is 0 Å². The number of rotatable bonds is 6. The first kappa shape index (κ1) is 28.5. The fraction of sp³-hybridized carbons (Fsp3) is 0.531. The van der Waals surface area contributed by atoms with E-state index in [0.29, 0.717) is 23.1 Å². The summed E-state index contributed by atoms with van der Waals surface area (Å²) in [6, 6.07) is 8.72. The second-order valence-electron chi connectivity index (χ2n) is 12.2. The van der Waals surface area contributed by atoms with Gasteiger partial charge >= 0.3 is 11.9 Å². The number of carbonyl (C=O) groups excluding carboxylic acids is 3. The zero-order valence-electron chi connectivity index (χ0n) is 23.6. The van der Waals surface area contributed by atoms with Crippen molar-refractivity contribution in [3.8, 4) is 0 Å². The molecule has 8 heteroatoms. The number of aliphatic hydroxyl groups is 3. The number of carbonyl (C=O) groups is 3. The van der Waals surface area contributed by atoms with Crippen LogP contribution >= 0.6 is 0 Å². The van der Waals surface area contributed by atoms with Gasteiger partial charge in [0.05, 0.1) is 24.2 Å². The number of hydrogen-bond donors (Lipinski definition) is 3. The normalized spacial score (nSPS) is 40.1. The molecule has 5 rings (SSSR count). The number of hydrogen-bond acceptors (Lipinski definition) is 8. The topological polar surface area (TPSA) is 130 Å². The Balaban J connectivity index is 1.52. The van der Waals surface area contributed by atoms with Gasteiger partial charge in [-0.1, -0.05) is 50.3 Å². The minimum Gasteiger partial charge on any atom is -0.461 e. The van der Waals surface area contributed by atoms with E-state index >= 15 is 0 Å². The average molecular weight is 551 g/mol. The van der Waals surface area contributed by atoms with Gasteiger partial charge in [-0.05, 0) is 68.2 Å². The van der Waals surface area contributed by atoms with Gasteiger partial charge in [-0.15, -0.1) is 0 Å². The molecule has 8 nitrogen and oxygen atoms in total. The third kappa shape index (κ3) is 3.80. The third-order valence-electron chi connectivity index (χ3n) is 10.2. The predicted octanol–water partition coefficient (Wildman–Crippen LogP) is 3.17. The molecular formula is C32H38O8. The smallest absolute Gasteiger partial charge is 0.338 e. The van der Waals surface area contributed by atoms with E-state index < -0.39 is 59.0 Å². The third-order valence-corrected chi connectivity index (χ3v) is 10.2. The van der Waals surface area contributed by atoms with E-state index in [4.69, 9.17) is 9.47 Å². The lowest BCUT2D eigenvalue weighted by Gasteiger charge is -2.48. The molecule has 2 saturated carbocycles. The van der Waals surface area contributed by atoms with Crippen LogP contribution in [-0.4, -0.2) is 64.1 Å². The zero-order valence-corrected chi connectivity index (χ0v) is 23.6. The van der Waals surface area contributed by atoms with Crippen LogP contribution in [0.25, 0.3) is 0 Å². The quantitative estimate of drug-likeness (QED) is 0.280. The molecule has 0 radical (unpaired) electrons. The van der Waals surface area contributed by atoms with E-state index in [1.54, 1.807) is 63.3 Å². The van der Waals surface area contributed by atoms with Gasteiger partial charge in [-0.2, -0.15) is 0 Å². The molecule has 1 aromatic carbocycles. The maximum absolute atomic E-state index is 14.6. The molecule has 3 N–H and O–H groups in total. The monoisotopic (exact) mass is 550 g/mol. The van der Waals surface area contributed by atoms with Gasteiger partial charge in [-0.3, -0.25) is 4.79 Å². The summed E-state index contributed by atoms with van der Waals surface area (Å²) in [6.45, 7) is 8.38. The van der Waals surface area contributed by atoms with Gasteiger partial charge in [0.2, 0.25) is 0 Å². The highest BCUT2D eigenvalue weighted by Gasteiger charge is 2.77. The molecule has 2 fully saturated rings. The molecule has 0 aliphatic heterocycles. The lowest BCUT2D eigenvalue weighted by molar-refractivity contribution is -0.201. The minimum absolute atomic E-state index is 0.00402. The fourth-order valence-corrected chi connectivity index (χ4v) is 7.82. The highest BCUT2D eigenvalue weighted by atomic mass is 16.6. The fourth-order valence-electron chi connectivity index (χ4n) is 7.82. The van der Waals surface area contributed by atoms with Crippen LogP contribution in [0.15, 0.2) is 65.3 Å². The summed E-state index contributed by atoms with van der Waals surface area (Å²) in [4.78, 5) is 40.1. The SMILES string of the molecule is CC=C(C)C(=O)OC1C(C)=CC23C(=O)C(C=C(CO)C(O)C12O)C1C(CC3C)C1(C)COC(=O)c1ccccc1. The first-order chi connectivity index (χ1) is 18.9. The van der Waals surface area contributed by atoms with Crippen LogP contribution in [0, 0.1) is 34.5 Å². The maximum atomic E-state index is 14.6. The summed E-state index contributed by atoms with van der Waals surface area (Å²) in [5.74, 6) is -2.79. The molecule has 4 aliphatic carbocycles. The molecule has 9 atom stereocenters. The van der Waals surface area contributed by atoms with Crippen molar-refractivity contribution in [1.82, 2.24) is 0 Å². The highest BCUT2D eigenvalue weighted by molar-refractivity contribution is 5.96. The Morgan fingerprint density at radius 3 is 2.50 bits per heavy atom. The number of ether oxygens (including phenoxy) is 2. The Morgan fingerprint density at radius 2 is 1.88 bits per heavy atom. The Morgan fingerprint density at radius 1 is 1.20 bits per heavy atom. The van der Waals surface area contributed by atoms with Gasteiger partial charge in [0.15, 0.2) is 17.5 Å². The number of aliphatic hydroxyl groups excluding tert-OH is 2. The van der Waals surface area contributed by atoms with Gasteiger partial charge < -0.3 is 24.8 Å². The van der Waals surface area contributed by atoms with Crippen LogP contribution in [0.4, 0.5) is 0 Å². The molecule has 214 valence electrons. The Labute approximate surface area is 234 Å². The van der Waals surface area contributed by atoms with Crippen LogP contribution in [0.5, 0.6) is 0 Å². The van der Waals surface area contributed by atoms with E-state index in [1.807, 2.05) is 19.9 Å². The molecule has 0 saturated heterocycles. The van der Waals surface area contributed by atoms with E-state index in [-0.39, 0.29) is 29.8 Å². The van der Waals surface area contributed by atoms with Crippen LogP contribution in [0.1, 0.15) is 51.4 Å². The van der Waals surface area contributed by atoms with Crippen LogP contribution in [0.2, 0.25) is 0 Å². The van der Waals surface area contributed by atoms with Crippen LogP contribution < -0.4 is 0 Å². The summed E-state index contributed by atoms with van der Waals surface area (Å²) in [6.07, 6.45) is 2.46. The van der Waals surface area contributed by atoms with E-state index in [9.17, 15) is 29.7 Å². The van der Waals surface area contributed by atoms with Gasteiger partial charge in [0.1, 0.15) is 6.10 Å². The van der Waals surface area contributed by atoms with Gasteiger partial charge in [0.25, 0.3) is 0 Å². The van der Waals surface area contributed by atoms with E-state index in [0.717, 1.165) is 0 Å². The number of ketones is 1. The van der Waals surface area contributed by atoms with E-state index in [2.05, 4.69) is 0 Å². The summed E-state index contributed by atoms with van der Waals surface area (Å²) in [7, 11) is 0. The van der Waals surface area contributed by atoms with E-state index in [1.165, 1.54) is 0 Å². The molecular weight excluding hydrogens is 512 g/mol. The first-order valence-corrected chi connectivity index (χ1v) is 13.9. The Hall–Kier alpha value is -3.07. The zero-order chi connectivity index (χ0) is 29.2. The summed E-state index contributed by atoms with van der Waals surface area (Å²) >= 11 is 0. The van der Waals surface area contributed by atoms with Crippen LogP contribution in [-0.2, 0) is 19.1 Å². The van der Waals surface area contributed by atoms with Crippen molar-refractivity contribution in [2.75, 3.05) is 13.2 Å². The van der Waals surface area contributed by atoms with Crippen molar-refractivity contribution in [2.45, 2.75) is 58.8 Å². The second kappa shape index (κ2) is 9.79. The minimum atomic E-state index is -2.20. The maximum Gasteiger partial charge on any atom is 0.338 e. The highest BCUT2D eigenvalue weighted by Crippen LogP contribution is 2.72. The largest absolute Gasteiger partial charge is 0.461 e. The predicted molar refractivity (Wildman–Crippen MR) is 146 cm³/mol. The molecule has 1 spiro atoms. The average Bonchev–Trinajstić information content (AvgIpc) is 3.48. The number of Topliss-reactive ketones (excluding diaryl/α,β-unsaturated/α-hetero) is 1. The van der Waals surface area contributed by atoms with Crippen molar-refractivity contribution < 1.29 is 39.2 Å². The van der Waals surface area contributed by atoms with Crippen molar-refractivity contribution >= 4 is 17.7 Å². The lowest BCUT2D eigenvalue weighted by atomic mass is 9.59. The Bertz CT molecular complexity index is 1330. The number of allylic oxidation sites excluding steroid dienone is 2. The lowest BCUT2D eigenvalue weighted by Crippen LogP contribution is -2.65.